The van der Waals surface area contributed by atoms with Gasteiger partial charge in [-0.25, -0.2) is 4.98 Å². The molecule has 2 rings (SSSR count). The third-order valence-corrected chi connectivity index (χ3v) is 3.96. The van der Waals surface area contributed by atoms with E-state index in [0.717, 1.165) is 24.3 Å². The zero-order valence-electron chi connectivity index (χ0n) is 8.87. The van der Waals surface area contributed by atoms with Gasteiger partial charge < -0.3 is 10.0 Å². The first-order valence-electron chi connectivity index (χ1n) is 5.11. The highest BCUT2D eigenvalue weighted by atomic mass is 32.1. The van der Waals surface area contributed by atoms with E-state index in [1.807, 2.05) is 4.90 Å². The van der Waals surface area contributed by atoms with Crippen LogP contribution in [0.25, 0.3) is 0 Å². The molecule has 2 unspecified atom stereocenters. The van der Waals surface area contributed by atoms with Gasteiger partial charge in [0.2, 0.25) is 0 Å². The van der Waals surface area contributed by atoms with Crippen LogP contribution in [-0.2, 0) is 0 Å². The molecule has 2 atom stereocenters. The van der Waals surface area contributed by atoms with Crippen molar-refractivity contribution in [3.63, 3.8) is 0 Å². The number of rotatable bonds is 3. The number of nitro groups is 1. The van der Waals surface area contributed by atoms with Gasteiger partial charge in [0.1, 0.15) is 6.20 Å². The average molecular weight is 243 g/mol. The third-order valence-electron chi connectivity index (χ3n) is 2.98. The molecule has 1 aliphatic rings. The molecule has 1 aliphatic heterocycles. The van der Waals surface area contributed by atoms with Crippen molar-refractivity contribution >= 4 is 21.5 Å². The van der Waals surface area contributed by atoms with Crippen LogP contribution in [0.1, 0.15) is 13.3 Å². The first-order valence-corrected chi connectivity index (χ1v) is 5.93. The van der Waals surface area contributed by atoms with Crippen molar-refractivity contribution in [2.24, 2.45) is 5.92 Å². The minimum Gasteiger partial charge on any atom is -0.394 e. The van der Waals surface area contributed by atoms with E-state index < -0.39 is 4.92 Å². The molecule has 16 heavy (non-hydrogen) atoms. The molecule has 6 nitrogen and oxygen atoms in total. The SMILES string of the molecule is CC1CCN(c2ncc([N+](=O)[O-])s2)C1CO. The number of aromatic nitrogens is 1. The Morgan fingerprint density at radius 3 is 3.12 bits per heavy atom. The third kappa shape index (κ3) is 1.88. The standard InChI is InChI=1S/C9H13N3O3S/c1-6-2-3-11(7(6)5-13)9-10-4-8(16-9)12(14)15/h4,6-7,13H,2-3,5H2,1H3. The van der Waals surface area contributed by atoms with Crippen molar-refractivity contribution in [2.75, 3.05) is 18.1 Å². The molecule has 1 fully saturated rings. The maximum Gasteiger partial charge on any atom is 0.345 e. The molecule has 0 aromatic carbocycles. The molecule has 1 N–H and O–H groups in total. The van der Waals surface area contributed by atoms with Crippen molar-refractivity contribution < 1.29 is 10.0 Å². The molecule has 0 radical (unpaired) electrons. The van der Waals surface area contributed by atoms with Gasteiger partial charge in [-0.05, 0) is 23.7 Å². The summed E-state index contributed by atoms with van der Waals surface area (Å²) in [6, 6.07) is 0.0331. The maximum atomic E-state index is 10.6. The van der Waals surface area contributed by atoms with E-state index in [-0.39, 0.29) is 17.6 Å². The lowest BCUT2D eigenvalue weighted by molar-refractivity contribution is -0.380. The Morgan fingerprint density at radius 1 is 1.81 bits per heavy atom. The fourth-order valence-corrected chi connectivity index (χ4v) is 2.81. The van der Waals surface area contributed by atoms with Gasteiger partial charge in [-0.3, -0.25) is 10.1 Å². The molecule has 7 heteroatoms. The highest BCUT2D eigenvalue weighted by Crippen LogP contribution is 2.34. The topological polar surface area (TPSA) is 79.5 Å². The lowest BCUT2D eigenvalue weighted by atomic mass is 10.0. The summed E-state index contributed by atoms with van der Waals surface area (Å²) >= 11 is 1.06. The Morgan fingerprint density at radius 2 is 2.56 bits per heavy atom. The minimum atomic E-state index is -0.436. The fourth-order valence-electron chi connectivity index (χ4n) is 2.00. The van der Waals surface area contributed by atoms with Crippen molar-refractivity contribution in [3.05, 3.63) is 16.3 Å². The number of aliphatic hydroxyl groups is 1. The van der Waals surface area contributed by atoms with Gasteiger partial charge in [-0.2, -0.15) is 0 Å². The zero-order valence-corrected chi connectivity index (χ0v) is 9.68. The highest BCUT2D eigenvalue weighted by Gasteiger charge is 2.33. The molecule has 0 spiro atoms. The van der Waals surface area contributed by atoms with Crippen LogP contribution in [0.5, 0.6) is 0 Å². The molecule has 1 aromatic heterocycles. The highest BCUT2D eigenvalue weighted by molar-refractivity contribution is 7.18. The predicted molar refractivity (Wildman–Crippen MR) is 60.8 cm³/mol. The Kier molecular flexibility index (Phi) is 3.06. The average Bonchev–Trinajstić information content (AvgIpc) is 2.83. The van der Waals surface area contributed by atoms with E-state index in [2.05, 4.69) is 11.9 Å². The van der Waals surface area contributed by atoms with Crippen molar-refractivity contribution in [1.82, 2.24) is 4.98 Å². The quantitative estimate of drug-likeness (QED) is 0.638. The van der Waals surface area contributed by atoms with Crippen molar-refractivity contribution in [3.8, 4) is 0 Å². The van der Waals surface area contributed by atoms with Crippen LogP contribution >= 0.6 is 11.3 Å². The molecule has 0 aliphatic carbocycles. The van der Waals surface area contributed by atoms with Crippen LogP contribution in [0.2, 0.25) is 0 Å². The number of aliphatic hydroxyl groups excluding tert-OH is 1. The van der Waals surface area contributed by atoms with E-state index in [0.29, 0.717) is 11.0 Å². The van der Waals surface area contributed by atoms with Crippen LogP contribution in [0.4, 0.5) is 10.1 Å². The van der Waals surface area contributed by atoms with E-state index in [1.165, 1.54) is 6.20 Å². The summed E-state index contributed by atoms with van der Waals surface area (Å²) in [6.07, 6.45) is 2.26. The molecule has 0 amide bonds. The van der Waals surface area contributed by atoms with Gasteiger partial charge >= 0.3 is 5.00 Å². The fraction of sp³-hybridized carbons (Fsp3) is 0.667. The second-order valence-electron chi connectivity index (χ2n) is 3.95. The second kappa shape index (κ2) is 4.34. The summed E-state index contributed by atoms with van der Waals surface area (Å²) in [5.74, 6) is 0.396. The number of anilines is 1. The monoisotopic (exact) mass is 243 g/mol. The Labute approximate surface area is 96.7 Å². The van der Waals surface area contributed by atoms with Gasteiger partial charge in [0.15, 0.2) is 5.13 Å². The molecule has 2 heterocycles. The summed E-state index contributed by atoms with van der Waals surface area (Å²) in [6.45, 7) is 2.94. The molecular formula is C9H13N3O3S. The molecule has 0 bridgehead atoms. The van der Waals surface area contributed by atoms with Gasteiger partial charge in [0.05, 0.1) is 17.6 Å². The molecule has 1 aromatic rings. The van der Waals surface area contributed by atoms with Crippen LogP contribution in [0.15, 0.2) is 6.20 Å². The summed E-state index contributed by atoms with van der Waals surface area (Å²) in [7, 11) is 0. The van der Waals surface area contributed by atoms with Gasteiger partial charge in [-0.1, -0.05) is 6.92 Å². The van der Waals surface area contributed by atoms with Crippen LogP contribution < -0.4 is 4.90 Å². The Balaban J connectivity index is 2.20. The largest absolute Gasteiger partial charge is 0.394 e. The summed E-state index contributed by atoms with van der Waals surface area (Å²) in [5, 5.41) is 20.5. The second-order valence-corrected chi connectivity index (χ2v) is 4.94. The molecular weight excluding hydrogens is 230 g/mol. The Hall–Kier alpha value is -1.21. The smallest absolute Gasteiger partial charge is 0.345 e. The molecule has 88 valence electrons. The number of thiazole rings is 1. The van der Waals surface area contributed by atoms with Gasteiger partial charge in [0, 0.05) is 6.54 Å². The predicted octanol–water partition coefficient (Wildman–Crippen LogP) is 1.26. The minimum absolute atomic E-state index is 0.0331. The maximum absolute atomic E-state index is 10.6. The van der Waals surface area contributed by atoms with E-state index in [9.17, 15) is 15.2 Å². The summed E-state index contributed by atoms with van der Waals surface area (Å²) in [4.78, 5) is 16.1. The van der Waals surface area contributed by atoms with Crippen LogP contribution in [0, 0.1) is 16.0 Å². The van der Waals surface area contributed by atoms with E-state index >= 15 is 0 Å². The molecule has 0 saturated carbocycles. The Bertz CT molecular complexity index is 395. The van der Waals surface area contributed by atoms with Crippen molar-refractivity contribution in [1.29, 1.82) is 0 Å². The zero-order chi connectivity index (χ0) is 11.7. The lowest BCUT2D eigenvalue weighted by Crippen LogP contribution is -2.34. The van der Waals surface area contributed by atoms with Crippen LogP contribution in [0.3, 0.4) is 0 Å². The normalized spacial score (nSPS) is 25.0. The van der Waals surface area contributed by atoms with E-state index in [1.54, 1.807) is 0 Å². The van der Waals surface area contributed by atoms with Crippen molar-refractivity contribution in [2.45, 2.75) is 19.4 Å². The first kappa shape index (κ1) is 11.3. The number of nitrogens with zero attached hydrogens (tertiary/aromatic N) is 3. The van der Waals surface area contributed by atoms with E-state index in [4.69, 9.17) is 0 Å². The number of hydrogen-bond donors (Lipinski definition) is 1. The van der Waals surface area contributed by atoms with Gasteiger partial charge in [-0.15, -0.1) is 0 Å². The summed E-state index contributed by atoms with van der Waals surface area (Å²) in [5.41, 5.74) is 0. The summed E-state index contributed by atoms with van der Waals surface area (Å²) < 4.78 is 0. The van der Waals surface area contributed by atoms with Gasteiger partial charge in [0.25, 0.3) is 0 Å². The first-order chi connectivity index (χ1) is 7.63. The van der Waals surface area contributed by atoms with Crippen LogP contribution in [-0.4, -0.2) is 34.2 Å². The number of hydrogen-bond acceptors (Lipinski definition) is 6. The lowest BCUT2D eigenvalue weighted by Gasteiger charge is -2.23. The molecule has 1 saturated heterocycles.